The number of nitrogens with zero attached hydrogens (tertiary/aromatic N) is 4. The Morgan fingerprint density at radius 2 is 2.42 bits per heavy atom. The molecule has 2 heterocycles. The van der Waals surface area contributed by atoms with Gasteiger partial charge in [0, 0.05) is 12.6 Å². The third kappa shape index (κ3) is 2.99. The number of rotatable bonds is 4. The molecule has 0 saturated carbocycles. The third-order valence-corrected chi connectivity index (χ3v) is 3.12. The van der Waals surface area contributed by atoms with Gasteiger partial charge in [0.15, 0.2) is 5.69 Å². The largest absolute Gasteiger partial charge is 0.461 e. The molecule has 100 valence electrons. The quantitative estimate of drug-likeness (QED) is 0.764. The Kier molecular flexibility index (Phi) is 4.29. The van der Waals surface area contributed by atoms with Crippen molar-refractivity contribution in [3.8, 4) is 6.07 Å². The zero-order valence-corrected chi connectivity index (χ0v) is 10.9. The van der Waals surface area contributed by atoms with Gasteiger partial charge in [0.1, 0.15) is 5.82 Å². The summed E-state index contributed by atoms with van der Waals surface area (Å²) in [5, 5.41) is 8.79. The van der Waals surface area contributed by atoms with E-state index in [0.29, 0.717) is 18.8 Å². The molecule has 0 amide bonds. The molecule has 1 aliphatic heterocycles. The van der Waals surface area contributed by atoms with Crippen molar-refractivity contribution < 1.29 is 9.53 Å². The van der Waals surface area contributed by atoms with Gasteiger partial charge in [-0.15, -0.1) is 0 Å². The lowest BCUT2D eigenvalue weighted by molar-refractivity contribution is 0.0519. The van der Waals surface area contributed by atoms with Crippen LogP contribution in [0.25, 0.3) is 0 Å². The van der Waals surface area contributed by atoms with Gasteiger partial charge in [0.2, 0.25) is 0 Å². The van der Waals surface area contributed by atoms with Crippen molar-refractivity contribution in [2.24, 2.45) is 0 Å². The summed E-state index contributed by atoms with van der Waals surface area (Å²) in [4.78, 5) is 21.9. The average molecular weight is 260 g/mol. The van der Waals surface area contributed by atoms with E-state index in [1.54, 1.807) is 13.1 Å². The topological polar surface area (TPSA) is 79.1 Å². The van der Waals surface area contributed by atoms with Gasteiger partial charge in [-0.1, -0.05) is 0 Å². The van der Waals surface area contributed by atoms with Crippen LogP contribution in [-0.2, 0) is 4.74 Å². The normalized spacial score (nSPS) is 18.1. The molecule has 1 aromatic rings. The number of anilines is 1. The fraction of sp³-hybridized carbons (Fsp3) is 0.538. The molecular formula is C13H16N4O2. The van der Waals surface area contributed by atoms with Crippen LogP contribution in [0.15, 0.2) is 12.4 Å². The fourth-order valence-corrected chi connectivity index (χ4v) is 2.23. The number of esters is 1. The minimum absolute atomic E-state index is 0.202. The lowest BCUT2D eigenvalue weighted by Gasteiger charge is -2.23. The van der Waals surface area contributed by atoms with Crippen LogP contribution in [0.1, 0.15) is 36.7 Å². The molecule has 6 heteroatoms. The van der Waals surface area contributed by atoms with Crippen molar-refractivity contribution >= 4 is 11.8 Å². The van der Waals surface area contributed by atoms with E-state index in [0.717, 1.165) is 19.4 Å². The minimum atomic E-state index is -0.462. The predicted octanol–water partition coefficient (Wildman–Crippen LogP) is 1.54. The molecule has 0 aromatic carbocycles. The number of hydrogen-bond donors (Lipinski definition) is 0. The van der Waals surface area contributed by atoms with Gasteiger partial charge >= 0.3 is 5.97 Å². The number of hydrogen-bond acceptors (Lipinski definition) is 6. The smallest absolute Gasteiger partial charge is 0.358 e. The van der Waals surface area contributed by atoms with Gasteiger partial charge in [-0.2, -0.15) is 5.26 Å². The summed E-state index contributed by atoms with van der Waals surface area (Å²) < 4.78 is 4.85. The standard InChI is InChI=1S/C13H16N4O2/c1-2-19-13(18)11-8-16-12(9-15-11)17-7-3-4-10(17)5-6-14/h8-10H,2-5,7H2,1H3/t10-/m0/s1. The lowest BCUT2D eigenvalue weighted by atomic mass is 10.2. The predicted molar refractivity (Wildman–Crippen MR) is 68.6 cm³/mol. The van der Waals surface area contributed by atoms with E-state index in [9.17, 15) is 4.79 Å². The minimum Gasteiger partial charge on any atom is -0.461 e. The number of carbonyl (C=O) groups is 1. The third-order valence-electron chi connectivity index (χ3n) is 3.12. The van der Waals surface area contributed by atoms with E-state index in [4.69, 9.17) is 10.00 Å². The van der Waals surface area contributed by atoms with Gasteiger partial charge in [-0.05, 0) is 19.8 Å². The molecule has 0 unspecified atom stereocenters. The molecule has 1 aliphatic rings. The first-order valence-electron chi connectivity index (χ1n) is 6.39. The second-order valence-electron chi connectivity index (χ2n) is 4.33. The highest BCUT2D eigenvalue weighted by atomic mass is 16.5. The maximum absolute atomic E-state index is 11.5. The van der Waals surface area contributed by atoms with Crippen molar-refractivity contribution in [2.75, 3.05) is 18.1 Å². The van der Waals surface area contributed by atoms with Crippen molar-refractivity contribution in [1.82, 2.24) is 9.97 Å². The van der Waals surface area contributed by atoms with Crippen LogP contribution < -0.4 is 4.90 Å². The molecule has 0 bridgehead atoms. The fourth-order valence-electron chi connectivity index (χ4n) is 2.23. The summed E-state index contributed by atoms with van der Waals surface area (Å²) in [5.41, 5.74) is 0.210. The Balaban J connectivity index is 2.10. The van der Waals surface area contributed by atoms with E-state index in [2.05, 4.69) is 20.9 Å². The van der Waals surface area contributed by atoms with Crippen molar-refractivity contribution in [2.45, 2.75) is 32.2 Å². The highest BCUT2D eigenvalue weighted by molar-refractivity contribution is 5.86. The number of nitriles is 1. The first kappa shape index (κ1) is 13.3. The lowest BCUT2D eigenvalue weighted by Crippen LogP contribution is -2.29. The van der Waals surface area contributed by atoms with Crippen LogP contribution in [-0.4, -0.2) is 35.1 Å². The number of carbonyl (C=O) groups excluding carboxylic acids is 1. The molecule has 1 fully saturated rings. The van der Waals surface area contributed by atoms with E-state index in [1.807, 2.05) is 0 Å². The molecule has 0 N–H and O–H groups in total. The van der Waals surface area contributed by atoms with Crippen LogP contribution in [0.5, 0.6) is 0 Å². The highest BCUT2D eigenvalue weighted by Gasteiger charge is 2.25. The zero-order chi connectivity index (χ0) is 13.7. The Morgan fingerprint density at radius 1 is 1.58 bits per heavy atom. The van der Waals surface area contributed by atoms with Crippen LogP contribution in [0.3, 0.4) is 0 Å². The Bertz CT molecular complexity index is 480. The SMILES string of the molecule is CCOC(=O)c1cnc(N2CCC[C@H]2CC#N)cn1. The summed E-state index contributed by atoms with van der Waals surface area (Å²) in [5.74, 6) is 0.252. The van der Waals surface area contributed by atoms with Crippen LogP contribution >= 0.6 is 0 Å². The second kappa shape index (κ2) is 6.14. The molecule has 0 radical (unpaired) electrons. The summed E-state index contributed by atoms with van der Waals surface area (Å²) >= 11 is 0. The van der Waals surface area contributed by atoms with E-state index < -0.39 is 5.97 Å². The van der Waals surface area contributed by atoms with E-state index in [1.165, 1.54) is 6.20 Å². The van der Waals surface area contributed by atoms with E-state index >= 15 is 0 Å². The molecule has 1 atom stereocenters. The number of ether oxygens (including phenoxy) is 1. The zero-order valence-electron chi connectivity index (χ0n) is 10.9. The second-order valence-corrected chi connectivity index (χ2v) is 4.33. The van der Waals surface area contributed by atoms with Gasteiger partial charge in [-0.3, -0.25) is 0 Å². The van der Waals surface area contributed by atoms with Gasteiger partial charge in [-0.25, -0.2) is 14.8 Å². The Hall–Kier alpha value is -2.16. The van der Waals surface area contributed by atoms with Gasteiger partial charge < -0.3 is 9.64 Å². The summed E-state index contributed by atoms with van der Waals surface area (Å²) in [6.45, 7) is 2.94. The molecule has 0 aliphatic carbocycles. The van der Waals surface area contributed by atoms with E-state index in [-0.39, 0.29) is 11.7 Å². The Morgan fingerprint density at radius 3 is 3.05 bits per heavy atom. The summed E-state index contributed by atoms with van der Waals surface area (Å²) in [6, 6.07) is 2.39. The van der Waals surface area contributed by atoms with Crippen LogP contribution in [0.2, 0.25) is 0 Å². The molecule has 1 aromatic heterocycles. The summed E-state index contributed by atoms with van der Waals surface area (Å²) in [6.07, 6.45) is 5.53. The maximum atomic E-state index is 11.5. The first-order valence-corrected chi connectivity index (χ1v) is 6.39. The number of aromatic nitrogens is 2. The van der Waals surface area contributed by atoms with Crippen LogP contribution in [0.4, 0.5) is 5.82 Å². The molecule has 0 spiro atoms. The van der Waals surface area contributed by atoms with Gasteiger partial charge in [0.25, 0.3) is 0 Å². The van der Waals surface area contributed by atoms with Crippen molar-refractivity contribution in [1.29, 1.82) is 5.26 Å². The molecule has 6 nitrogen and oxygen atoms in total. The highest BCUT2D eigenvalue weighted by Crippen LogP contribution is 2.24. The monoisotopic (exact) mass is 260 g/mol. The molecule has 19 heavy (non-hydrogen) atoms. The summed E-state index contributed by atoms with van der Waals surface area (Å²) in [7, 11) is 0. The average Bonchev–Trinajstić information content (AvgIpc) is 2.88. The maximum Gasteiger partial charge on any atom is 0.358 e. The van der Waals surface area contributed by atoms with Crippen molar-refractivity contribution in [3.05, 3.63) is 18.1 Å². The molecule has 2 rings (SSSR count). The molecular weight excluding hydrogens is 244 g/mol. The van der Waals surface area contributed by atoms with Crippen LogP contribution in [0, 0.1) is 11.3 Å². The van der Waals surface area contributed by atoms with Gasteiger partial charge in [0.05, 0.1) is 31.5 Å². The van der Waals surface area contributed by atoms with Crippen molar-refractivity contribution in [3.63, 3.8) is 0 Å². The Labute approximate surface area is 112 Å². The molecule has 1 saturated heterocycles. The first-order chi connectivity index (χ1) is 9.26.